The van der Waals surface area contributed by atoms with E-state index in [0.717, 1.165) is 11.5 Å². The molecular formula is C10H13N3O4S. The molecule has 1 fully saturated rings. The highest BCUT2D eigenvalue weighted by molar-refractivity contribution is 7.08. The number of aryl methyl sites for hydroxylation is 1. The molecule has 0 radical (unpaired) electrons. The molecule has 0 spiro atoms. The summed E-state index contributed by atoms with van der Waals surface area (Å²) in [5.41, 5.74) is 0.565. The first-order chi connectivity index (χ1) is 8.54. The number of nitrogens with zero attached hydrogens (tertiary/aromatic N) is 3. The average molecular weight is 271 g/mol. The SMILES string of the molecule is CCc1nnsc1C(=O)N1C[C@H](O)C[C@@H]1C(=O)O. The summed E-state index contributed by atoms with van der Waals surface area (Å²) in [6.45, 7) is 1.89. The van der Waals surface area contributed by atoms with Crippen LogP contribution < -0.4 is 0 Å². The van der Waals surface area contributed by atoms with Crippen molar-refractivity contribution in [3.8, 4) is 0 Å². The Bertz CT molecular complexity index is 475. The van der Waals surface area contributed by atoms with Gasteiger partial charge in [0.05, 0.1) is 11.8 Å². The van der Waals surface area contributed by atoms with E-state index in [0.29, 0.717) is 17.0 Å². The van der Waals surface area contributed by atoms with E-state index in [1.807, 2.05) is 6.92 Å². The highest BCUT2D eigenvalue weighted by atomic mass is 32.1. The molecule has 2 heterocycles. The molecule has 2 N–H and O–H groups in total. The first kappa shape index (κ1) is 12.9. The molecule has 0 aliphatic carbocycles. The third kappa shape index (κ3) is 2.21. The van der Waals surface area contributed by atoms with Gasteiger partial charge in [0.2, 0.25) is 0 Å². The summed E-state index contributed by atoms with van der Waals surface area (Å²) in [5, 5.41) is 22.4. The van der Waals surface area contributed by atoms with E-state index in [9.17, 15) is 14.7 Å². The van der Waals surface area contributed by atoms with E-state index in [1.54, 1.807) is 0 Å². The number of amides is 1. The first-order valence-electron chi connectivity index (χ1n) is 5.57. The number of carbonyl (C=O) groups is 2. The number of aromatic nitrogens is 2. The predicted octanol–water partition coefficient (Wildman–Crippen LogP) is -0.240. The lowest BCUT2D eigenvalue weighted by Gasteiger charge is -2.20. The third-order valence-corrected chi connectivity index (χ3v) is 3.67. The van der Waals surface area contributed by atoms with Crippen LogP contribution in [0.25, 0.3) is 0 Å². The van der Waals surface area contributed by atoms with E-state index in [1.165, 1.54) is 4.90 Å². The average Bonchev–Trinajstić information content (AvgIpc) is 2.93. The van der Waals surface area contributed by atoms with E-state index < -0.39 is 24.0 Å². The van der Waals surface area contributed by atoms with Gasteiger partial charge in [-0.3, -0.25) is 4.79 Å². The molecule has 1 saturated heterocycles. The maximum absolute atomic E-state index is 12.2. The number of carboxylic acids is 1. The molecule has 0 bridgehead atoms. The van der Waals surface area contributed by atoms with Gasteiger partial charge in [-0.1, -0.05) is 11.4 Å². The first-order valence-corrected chi connectivity index (χ1v) is 6.35. The van der Waals surface area contributed by atoms with Crippen molar-refractivity contribution in [1.29, 1.82) is 0 Å². The molecule has 2 rings (SSSR count). The number of β-amino-alcohol motifs (C(OH)–C–C–N with tert-alkyl or cyclic N) is 1. The Hall–Kier alpha value is -1.54. The number of carboxylic acid groups (broad SMARTS) is 1. The maximum atomic E-state index is 12.2. The Kier molecular flexibility index (Phi) is 3.58. The summed E-state index contributed by atoms with van der Waals surface area (Å²) in [7, 11) is 0. The predicted molar refractivity (Wildman–Crippen MR) is 62.4 cm³/mol. The molecule has 1 aliphatic heterocycles. The summed E-state index contributed by atoms with van der Waals surface area (Å²) < 4.78 is 3.71. The Labute approximate surface area is 107 Å². The topological polar surface area (TPSA) is 104 Å². The van der Waals surface area contributed by atoms with Gasteiger partial charge < -0.3 is 15.1 Å². The molecule has 0 unspecified atom stereocenters. The van der Waals surface area contributed by atoms with Crippen LogP contribution in [-0.2, 0) is 11.2 Å². The molecule has 18 heavy (non-hydrogen) atoms. The van der Waals surface area contributed by atoms with Crippen molar-refractivity contribution in [2.24, 2.45) is 0 Å². The molecule has 1 aromatic heterocycles. The van der Waals surface area contributed by atoms with Gasteiger partial charge in [0, 0.05) is 13.0 Å². The Morgan fingerprint density at radius 2 is 2.28 bits per heavy atom. The van der Waals surface area contributed by atoms with E-state index >= 15 is 0 Å². The number of likely N-dealkylation sites (tertiary alicyclic amines) is 1. The van der Waals surface area contributed by atoms with Crippen molar-refractivity contribution in [3.05, 3.63) is 10.6 Å². The van der Waals surface area contributed by atoms with Crippen molar-refractivity contribution < 1.29 is 19.8 Å². The number of aliphatic hydroxyl groups excluding tert-OH is 1. The highest BCUT2D eigenvalue weighted by Gasteiger charge is 2.40. The molecule has 1 aliphatic rings. The fourth-order valence-electron chi connectivity index (χ4n) is 2.01. The quantitative estimate of drug-likeness (QED) is 0.786. The van der Waals surface area contributed by atoms with Crippen LogP contribution in [-0.4, -0.2) is 55.3 Å². The lowest BCUT2D eigenvalue weighted by atomic mass is 10.2. The van der Waals surface area contributed by atoms with Gasteiger partial charge in [0.15, 0.2) is 0 Å². The smallest absolute Gasteiger partial charge is 0.326 e. The lowest BCUT2D eigenvalue weighted by molar-refractivity contribution is -0.141. The Morgan fingerprint density at radius 3 is 2.89 bits per heavy atom. The minimum Gasteiger partial charge on any atom is -0.480 e. The van der Waals surface area contributed by atoms with Crippen LogP contribution in [0.5, 0.6) is 0 Å². The van der Waals surface area contributed by atoms with Crippen molar-refractivity contribution in [2.75, 3.05) is 6.54 Å². The van der Waals surface area contributed by atoms with E-state index in [4.69, 9.17) is 5.11 Å². The molecule has 1 aromatic rings. The monoisotopic (exact) mass is 271 g/mol. The Balaban J connectivity index is 2.25. The number of hydrogen-bond acceptors (Lipinski definition) is 6. The number of aliphatic carboxylic acids is 1. The summed E-state index contributed by atoms with van der Waals surface area (Å²) in [5.74, 6) is -1.51. The summed E-state index contributed by atoms with van der Waals surface area (Å²) in [6.07, 6.45) is -0.165. The number of hydrogen-bond donors (Lipinski definition) is 2. The molecule has 7 nitrogen and oxygen atoms in total. The van der Waals surface area contributed by atoms with Crippen molar-refractivity contribution in [2.45, 2.75) is 31.9 Å². The molecule has 2 atom stereocenters. The van der Waals surface area contributed by atoms with Crippen LogP contribution in [0.15, 0.2) is 0 Å². The van der Waals surface area contributed by atoms with E-state index in [-0.39, 0.29) is 13.0 Å². The standard InChI is InChI=1S/C10H13N3O4S/c1-2-6-8(18-12-11-6)9(15)13-4-5(14)3-7(13)10(16)17/h5,7,14H,2-4H2,1H3,(H,16,17)/t5-,7-/m1/s1. The van der Waals surface area contributed by atoms with Crippen LogP contribution in [0.1, 0.15) is 28.7 Å². The summed E-state index contributed by atoms with van der Waals surface area (Å²) >= 11 is 0.957. The van der Waals surface area contributed by atoms with Crippen LogP contribution in [0.3, 0.4) is 0 Å². The van der Waals surface area contributed by atoms with E-state index in [2.05, 4.69) is 9.59 Å². The Morgan fingerprint density at radius 1 is 1.56 bits per heavy atom. The van der Waals surface area contributed by atoms with Crippen LogP contribution in [0.4, 0.5) is 0 Å². The largest absolute Gasteiger partial charge is 0.480 e. The third-order valence-electron chi connectivity index (χ3n) is 2.91. The van der Waals surface area contributed by atoms with Gasteiger partial charge in [-0.25, -0.2) is 4.79 Å². The lowest BCUT2D eigenvalue weighted by Crippen LogP contribution is -2.40. The van der Waals surface area contributed by atoms with Gasteiger partial charge in [-0.15, -0.1) is 5.10 Å². The zero-order valence-electron chi connectivity index (χ0n) is 9.74. The zero-order valence-corrected chi connectivity index (χ0v) is 10.6. The van der Waals surface area contributed by atoms with Gasteiger partial charge >= 0.3 is 5.97 Å². The second-order valence-corrected chi connectivity index (χ2v) is 4.86. The number of carbonyl (C=O) groups excluding carboxylic acids is 1. The number of aliphatic hydroxyl groups is 1. The maximum Gasteiger partial charge on any atom is 0.326 e. The minimum atomic E-state index is -1.10. The van der Waals surface area contributed by atoms with Crippen LogP contribution in [0, 0.1) is 0 Å². The van der Waals surface area contributed by atoms with Gasteiger partial charge in [-0.2, -0.15) is 0 Å². The van der Waals surface area contributed by atoms with Crippen molar-refractivity contribution in [3.63, 3.8) is 0 Å². The molecule has 1 amide bonds. The highest BCUT2D eigenvalue weighted by Crippen LogP contribution is 2.23. The van der Waals surface area contributed by atoms with Crippen molar-refractivity contribution >= 4 is 23.4 Å². The second kappa shape index (κ2) is 4.99. The van der Waals surface area contributed by atoms with Gasteiger partial charge in [0.1, 0.15) is 10.9 Å². The normalized spacial score (nSPS) is 23.3. The van der Waals surface area contributed by atoms with Gasteiger partial charge in [0.25, 0.3) is 5.91 Å². The fraction of sp³-hybridized carbons (Fsp3) is 0.600. The van der Waals surface area contributed by atoms with Crippen molar-refractivity contribution in [1.82, 2.24) is 14.5 Å². The number of rotatable bonds is 3. The zero-order chi connectivity index (χ0) is 13.3. The molecule has 8 heteroatoms. The molecule has 98 valence electrons. The second-order valence-electron chi connectivity index (χ2n) is 4.10. The summed E-state index contributed by atoms with van der Waals surface area (Å²) in [4.78, 5) is 24.8. The molecule has 0 saturated carbocycles. The molecule has 0 aromatic carbocycles. The summed E-state index contributed by atoms with van der Waals surface area (Å²) in [6, 6.07) is -0.973. The minimum absolute atomic E-state index is 0.0385. The van der Waals surface area contributed by atoms with Crippen LogP contribution >= 0.6 is 11.5 Å². The van der Waals surface area contributed by atoms with Gasteiger partial charge in [-0.05, 0) is 18.0 Å². The molecular weight excluding hydrogens is 258 g/mol. The van der Waals surface area contributed by atoms with Crippen LogP contribution in [0.2, 0.25) is 0 Å². The fourth-order valence-corrected chi connectivity index (χ4v) is 2.71.